The van der Waals surface area contributed by atoms with Crippen molar-refractivity contribution in [2.75, 3.05) is 13.2 Å². The normalized spacial score (nSPS) is 21.1. The van der Waals surface area contributed by atoms with Gasteiger partial charge < -0.3 is 14.0 Å². The minimum Gasteiger partial charge on any atom is -0.598 e. The Balaban J connectivity index is 2.25. The molecule has 3 atom stereocenters. The lowest BCUT2D eigenvalue weighted by Gasteiger charge is -2.47. The summed E-state index contributed by atoms with van der Waals surface area (Å²) in [6.07, 6.45) is -1.27. The molecule has 0 fully saturated rings. The lowest BCUT2D eigenvalue weighted by molar-refractivity contribution is -0.385. The van der Waals surface area contributed by atoms with Crippen LogP contribution in [0.1, 0.15) is 44.4 Å². The Kier molecular flexibility index (Phi) is 7.47. The summed E-state index contributed by atoms with van der Waals surface area (Å²) in [5.74, 6) is -3.73. The quantitative estimate of drug-likeness (QED) is 0.248. The molecule has 0 bridgehead atoms. The van der Waals surface area contributed by atoms with Gasteiger partial charge in [-0.05, 0) is 32.4 Å². The minimum absolute atomic E-state index is 0.00377. The molecule has 2 unspecified atom stereocenters. The van der Waals surface area contributed by atoms with Crippen molar-refractivity contribution in [2.24, 2.45) is 0 Å². The summed E-state index contributed by atoms with van der Waals surface area (Å²) < 4.78 is 57.9. The van der Waals surface area contributed by atoms with Gasteiger partial charge >= 0.3 is 0 Å². The predicted molar refractivity (Wildman–Crippen MR) is 122 cm³/mol. The largest absolute Gasteiger partial charge is 0.598 e. The van der Waals surface area contributed by atoms with Crippen molar-refractivity contribution in [3.63, 3.8) is 0 Å². The number of hydrogen-bond acceptors (Lipinski definition) is 7. The van der Waals surface area contributed by atoms with Crippen LogP contribution in [0.5, 0.6) is 5.75 Å². The number of alkyl halides is 2. The van der Waals surface area contributed by atoms with Crippen LogP contribution in [-0.2, 0) is 21.6 Å². The van der Waals surface area contributed by atoms with Gasteiger partial charge in [0.25, 0.3) is 11.6 Å². The minimum atomic E-state index is -3.73. The van der Waals surface area contributed by atoms with E-state index in [-0.39, 0.29) is 11.3 Å². The molecule has 0 spiro atoms. The molecule has 0 aliphatic carbocycles. The second-order valence-corrected chi connectivity index (χ2v) is 10.9. The molecule has 0 saturated carbocycles. The Labute approximate surface area is 199 Å². The molecule has 1 heterocycles. The average Bonchev–Trinajstić information content (AvgIpc) is 2.78. The van der Waals surface area contributed by atoms with Gasteiger partial charge in [-0.1, -0.05) is 30.3 Å². The van der Waals surface area contributed by atoms with Crippen molar-refractivity contribution in [3.8, 4) is 11.8 Å². The first-order valence-corrected chi connectivity index (χ1v) is 11.6. The summed E-state index contributed by atoms with van der Waals surface area (Å²) >= 11 is -2.00. The van der Waals surface area contributed by atoms with Crippen LogP contribution in [0.3, 0.4) is 0 Å². The van der Waals surface area contributed by atoms with Crippen molar-refractivity contribution in [2.45, 2.75) is 49.5 Å². The maximum atomic E-state index is 16.1. The third-order valence-electron chi connectivity index (χ3n) is 5.46. The number of halogens is 2. The fourth-order valence-corrected chi connectivity index (χ4v) is 4.65. The molecule has 34 heavy (non-hydrogen) atoms. The number of nitro benzene ring substituents is 1. The van der Waals surface area contributed by atoms with E-state index < -0.39 is 63.9 Å². The Morgan fingerprint density at radius 2 is 1.97 bits per heavy atom. The molecule has 1 N–H and O–H groups in total. The zero-order valence-electron chi connectivity index (χ0n) is 18.9. The van der Waals surface area contributed by atoms with Crippen molar-refractivity contribution in [3.05, 3.63) is 69.8 Å². The first kappa shape index (κ1) is 25.8. The number of benzene rings is 2. The highest BCUT2D eigenvalue weighted by Gasteiger charge is 2.63. The smallest absolute Gasteiger partial charge is 0.297 e. The summed E-state index contributed by atoms with van der Waals surface area (Å²) in [4.78, 5) is 10.8. The van der Waals surface area contributed by atoms with Crippen molar-refractivity contribution in [1.29, 1.82) is 5.26 Å². The molecule has 2 aromatic carbocycles. The monoisotopic (exact) mass is 493 g/mol. The highest BCUT2D eigenvalue weighted by molar-refractivity contribution is 7.90. The lowest BCUT2D eigenvalue weighted by atomic mass is 9.76. The zero-order valence-corrected chi connectivity index (χ0v) is 19.7. The number of nitrogens with one attached hydrogen (secondary N) is 1. The summed E-state index contributed by atoms with van der Waals surface area (Å²) in [6.45, 7) is 3.12. The Morgan fingerprint density at radius 3 is 2.56 bits per heavy atom. The van der Waals surface area contributed by atoms with Crippen LogP contribution in [0.25, 0.3) is 0 Å². The second-order valence-electron chi connectivity index (χ2n) is 8.90. The molecule has 0 radical (unpaired) electrons. The van der Waals surface area contributed by atoms with Crippen molar-refractivity contribution >= 4 is 17.0 Å². The van der Waals surface area contributed by atoms with Crippen LogP contribution in [0, 0.1) is 21.4 Å². The molecule has 3 rings (SSSR count). The average molecular weight is 494 g/mol. The maximum absolute atomic E-state index is 16.1. The van der Waals surface area contributed by atoms with E-state index in [1.807, 2.05) is 0 Å². The zero-order chi connectivity index (χ0) is 25.1. The molecular formula is C23H25F2N3O5S. The van der Waals surface area contributed by atoms with Gasteiger partial charge in [-0.15, -0.1) is 4.72 Å². The summed E-state index contributed by atoms with van der Waals surface area (Å²) in [5, 5.41) is 20.2. The number of non-ortho nitro benzene ring substituents is 1. The molecule has 2 aromatic rings. The van der Waals surface area contributed by atoms with E-state index in [2.05, 4.69) is 4.72 Å². The fraction of sp³-hybridized carbons (Fsp3) is 0.435. The third kappa shape index (κ3) is 5.15. The van der Waals surface area contributed by atoms with E-state index in [0.29, 0.717) is 5.56 Å². The van der Waals surface area contributed by atoms with E-state index in [0.717, 1.165) is 6.07 Å². The van der Waals surface area contributed by atoms with E-state index in [1.165, 1.54) is 12.1 Å². The van der Waals surface area contributed by atoms with E-state index >= 15 is 8.78 Å². The first-order chi connectivity index (χ1) is 15.9. The van der Waals surface area contributed by atoms with Gasteiger partial charge in [-0.3, -0.25) is 10.1 Å². The molecule has 8 nitrogen and oxygen atoms in total. The Morgan fingerprint density at radius 1 is 1.29 bits per heavy atom. The number of rotatable bonds is 8. The highest BCUT2D eigenvalue weighted by Crippen LogP contribution is 2.53. The summed E-state index contributed by atoms with van der Waals surface area (Å²) in [6, 6.07) is 13.8. The molecular weight excluding hydrogens is 468 g/mol. The summed E-state index contributed by atoms with van der Waals surface area (Å²) in [5.41, 5.74) is -2.37. The van der Waals surface area contributed by atoms with Gasteiger partial charge in [0.1, 0.15) is 29.8 Å². The van der Waals surface area contributed by atoms with Gasteiger partial charge in [0.05, 0.1) is 11.0 Å². The predicted octanol–water partition coefficient (Wildman–Crippen LogP) is 4.54. The first-order valence-electron chi connectivity index (χ1n) is 10.4. The van der Waals surface area contributed by atoms with Gasteiger partial charge in [-0.2, -0.15) is 5.26 Å². The number of nitrogens with zero attached hydrogens (tertiary/aromatic N) is 2. The molecule has 1 aliphatic heterocycles. The number of ether oxygens (including phenoxy) is 2. The van der Waals surface area contributed by atoms with Crippen molar-refractivity contribution < 1.29 is 27.7 Å². The molecule has 0 aromatic heterocycles. The van der Waals surface area contributed by atoms with Crippen LogP contribution in [0.2, 0.25) is 0 Å². The fourth-order valence-electron chi connectivity index (χ4n) is 3.68. The van der Waals surface area contributed by atoms with E-state index in [1.54, 1.807) is 57.2 Å². The van der Waals surface area contributed by atoms with Gasteiger partial charge in [0.2, 0.25) is 0 Å². The number of nitriles is 1. The lowest BCUT2D eigenvalue weighted by Crippen LogP contribution is -2.63. The number of hydrogen-bond donors (Lipinski definition) is 1. The van der Waals surface area contributed by atoms with Gasteiger partial charge in [0.15, 0.2) is 5.54 Å². The standard InChI is InChI=1S/C23H25F2N3O5S/c1-21(2,3)34(31)27-22(23(24,25)15-32-12-11-26)14-20(16-7-5-4-6-8-16)33-19-10-9-17(28(29)30)13-18(19)22/h4-10,13,20,27H,12,14-15H2,1-3H3/t20?,22-,34?/m1/s1. The number of fused-ring (bicyclic) bond motifs is 1. The van der Waals surface area contributed by atoms with Crippen LogP contribution in [0.15, 0.2) is 48.5 Å². The SMILES string of the molecule is CC(C)(C)[S+]([O-])N[C@]1(C(F)(F)COCC#N)CC(c2ccccc2)Oc2ccc([N+](=O)[O-])cc21. The Bertz CT molecular complexity index is 1070. The van der Waals surface area contributed by atoms with E-state index in [4.69, 9.17) is 14.7 Å². The van der Waals surface area contributed by atoms with E-state index in [9.17, 15) is 14.7 Å². The van der Waals surface area contributed by atoms with Gasteiger partial charge in [-0.25, -0.2) is 8.78 Å². The topological polar surface area (TPSA) is 120 Å². The molecule has 182 valence electrons. The van der Waals surface area contributed by atoms with Crippen LogP contribution in [-0.4, -0.2) is 33.4 Å². The second kappa shape index (κ2) is 9.84. The molecule has 0 saturated heterocycles. The van der Waals surface area contributed by atoms with Crippen LogP contribution < -0.4 is 9.46 Å². The third-order valence-corrected chi connectivity index (χ3v) is 7.11. The summed E-state index contributed by atoms with van der Waals surface area (Å²) in [7, 11) is 0. The number of nitro groups is 1. The molecule has 11 heteroatoms. The molecule has 1 aliphatic rings. The molecule has 0 amide bonds. The van der Waals surface area contributed by atoms with Crippen LogP contribution >= 0.6 is 0 Å². The Hall–Kier alpha value is -2.78. The maximum Gasteiger partial charge on any atom is 0.297 e. The van der Waals surface area contributed by atoms with Gasteiger partial charge in [0, 0.05) is 35.5 Å². The van der Waals surface area contributed by atoms with Crippen LogP contribution in [0.4, 0.5) is 14.5 Å². The van der Waals surface area contributed by atoms with Crippen molar-refractivity contribution in [1.82, 2.24) is 4.72 Å². The highest BCUT2D eigenvalue weighted by atomic mass is 32.2.